The fourth-order valence-electron chi connectivity index (χ4n) is 6.32. The Balaban J connectivity index is 4.29. The van der Waals surface area contributed by atoms with E-state index in [1.54, 1.807) is 0 Å². The Hall–Kier alpha value is -3.45. The molecule has 0 aliphatic rings. The number of hydrogen-bond acceptors (Lipinski definition) is 5. The molecule has 0 radical (unpaired) electrons. The van der Waals surface area contributed by atoms with Crippen LogP contribution >= 0.6 is 0 Å². The summed E-state index contributed by atoms with van der Waals surface area (Å²) in [6.45, 7) is 4.81. The molecule has 7 heteroatoms. The molecule has 4 N–H and O–H groups in total. The van der Waals surface area contributed by atoms with Crippen LogP contribution in [0.15, 0.2) is 85.1 Å². The minimum Gasteiger partial charge on any atom is -0.480 e. The summed E-state index contributed by atoms with van der Waals surface area (Å²) in [4.78, 5) is 36.3. The number of nitrogens with one attached hydrogen (secondary N) is 1. The van der Waals surface area contributed by atoms with Crippen molar-refractivity contribution >= 4 is 17.8 Å². The Labute approximate surface area is 349 Å². The fraction of sp³-hybridized carbons (Fsp3) is 0.660. The second kappa shape index (κ2) is 43.7. The Kier molecular flexibility index (Phi) is 41.0. The van der Waals surface area contributed by atoms with E-state index in [1.807, 2.05) is 0 Å². The maximum atomic E-state index is 12.8. The third kappa shape index (κ3) is 40.5. The molecule has 0 aliphatic heterocycles. The molecule has 0 saturated heterocycles. The normalized spacial score (nSPS) is 13.5. The molecule has 7 nitrogen and oxygen atoms in total. The topological polar surface area (TPSA) is 119 Å². The second-order valence-corrected chi connectivity index (χ2v) is 15.1. The van der Waals surface area contributed by atoms with E-state index in [-0.39, 0.29) is 18.0 Å². The highest BCUT2D eigenvalue weighted by Crippen LogP contribution is 2.18. The Bertz CT molecular complexity index is 1170. The molecule has 0 aromatic heterocycles. The predicted octanol–water partition coefficient (Wildman–Crippen LogP) is 13.3. The molecule has 57 heavy (non-hydrogen) atoms. The van der Waals surface area contributed by atoms with E-state index >= 15 is 0 Å². The third-order valence-electron chi connectivity index (χ3n) is 9.72. The molecular formula is C50H84N2O5. The van der Waals surface area contributed by atoms with Gasteiger partial charge >= 0.3 is 11.9 Å². The van der Waals surface area contributed by atoms with Gasteiger partial charge in [-0.15, -0.1) is 0 Å². The van der Waals surface area contributed by atoms with Crippen LogP contribution in [0.2, 0.25) is 0 Å². The van der Waals surface area contributed by atoms with E-state index in [0.29, 0.717) is 32.2 Å². The first kappa shape index (κ1) is 53.6. The number of carbonyl (C=O) groups excluding carboxylic acids is 2. The maximum Gasteiger partial charge on any atom is 0.326 e. The number of carboxylic acid groups (broad SMARTS) is 1. The molecule has 0 aromatic rings. The van der Waals surface area contributed by atoms with Gasteiger partial charge in [0.15, 0.2) is 0 Å². The van der Waals surface area contributed by atoms with Gasteiger partial charge in [-0.3, -0.25) is 9.59 Å². The monoisotopic (exact) mass is 793 g/mol. The summed E-state index contributed by atoms with van der Waals surface area (Å²) < 4.78 is 6.00. The number of rotatable bonds is 40. The lowest BCUT2D eigenvalue weighted by Gasteiger charge is -2.18. The van der Waals surface area contributed by atoms with Crippen molar-refractivity contribution in [2.24, 2.45) is 5.73 Å². The number of nitrogens with two attached hydrogens (primary N) is 1. The van der Waals surface area contributed by atoms with Crippen molar-refractivity contribution in [3.05, 3.63) is 85.1 Å². The van der Waals surface area contributed by atoms with Crippen LogP contribution in [0.1, 0.15) is 194 Å². The minimum atomic E-state index is -1.01. The van der Waals surface area contributed by atoms with Crippen molar-refractivity contribution in [3.63, 3.8) is 0 Å². The average molecular weight is 793 g/mol. The molecule has 0 rings (SSSR count). The summed E-state index contributed by atoms with van der Waals surface area (Å²) in [6.07, 6.45) is 57.8. The number of aliphatic carboxylic acids is 1. The molecule has 0 spiro atoms. The van der Waals surface area contributed by atoms with Gasteiger partial charge < -0.3 is 20.9 Å². The zero-order chi connectivity index (χ0) is 41.7. The van der Waals surface area contributed by atoms with E-state index in [9.17, 15) is 19.5 Å². The largest absolute Gasteiger partial charge is 0.480 e. The minimum absolute atomic E-state index is 0.0199. The zero-order valence-electron chi connectivity index (χ0n) is 36.4. The summed E-state index contributed by atoms with van der Waals surface area (Å²) in [5.74, 6) is -1.30. The summed E-state index contributed by atoms with van der Waals surface area (Å²) in [7, 11) is 0. The van der Waals surface area contributed by atoms with Gasteiger partial charge in [0.2, 0.25) is 5.91 Å². The first-order valence-electron chi connectivity index (χ1n) is 22.9. The highest BCUT2D eigenvalue weighted by Gasteiger charge is 2.19. The van der Waals surface area contributed by atoms with Crippen LogP contribution in [0.4, 0.5) is 0 Å². The summed E-state index contributed by atoms with van der Waals surface area (Å²) >= 11 is 0. The van der Waals surface area contributed by atoms with Crippen molar-refractivity contribution in [1.29, 1.82) is 0 Å². The van der Waals surface area contributed by atoms with Gasteiger partial charge in [0, 0.05) is 12.8 Å². The van der Waals surface area contributed by atoms with Crippen LogP contribution in [0.3, 0.4) is 0 Å². The molecule has 0 bridgehead atoms. The molecule has 0 saturated carbocycles. The van der Waals surface area contributed by atoms with Gasteiger partial charge in [0.25, 0.3) is 0 Å². The molecule has 324 valence electrons. The summed E-state index contributed by atoms with van der Waals surface area (Å²) in [5, 5.41) is 11.9. The second-order valence-electron chi connectivity index (χ2n) is 15.1. The van der Waals surface area contributed by atoms with E-state index in [2.05, 4.69) is 104 Å². The quantitative estimate of drug-likeness (QED) is 0.0323. The molecule has 0 aliphatic carbocycles. The van der Waals surface area contributed by atoms with Gasteiger partial charge in [0.1, 0.15) is 12.1 Å². The predicted molar refractivity (Wildman–Crippen MR) is 243 cm³/mol. The number of unbranched alkanes of at least 4 members (excludes halogenated alkanes) is 12. The number of ether oxygens (including phenoxy) is 1. The maximum absolute atomic E-state index is 12.8. The number of carboxylic acids is 1. The van der Waals surface area contributed by atoms with Crippen molar-refractivity contribution in [2.75, 3.05) is 6.54 Å². The first-order chi connectivity index (χ1) is 27.9. The Morgan fingerprint density at radius 3 is 1.42 bits per heavy atom. The smallest absolute Gasteiger partial charge is 0.326 e. The van der Waals surface area contributed by atoms with Gasteiger partial charge in [-0.2, -0.15) is 0 Å². The SMILES string of the molecule is CC/C=C\C/C=C\C/C=C\C/C=C\C/C=C\C/C=C\C/C=C\CCCC(=O)OC(CCCCCCCCCC)CCCCCCCC(=O)NC(CCCN)C(=O)O. The number of amides is 1. The van der Waals surface area contributed by atoms with E-state index in [4.69, 9.17) is 10.5 Å². The van der Waals surface area contributed by atoms with Crippen molar-refractivity contribution in [2.45, 2.75) is 206 Å². The first-order valence-corrected chi connectivity index (χ1v) is 22.9. The number of hydrogen-bond donors (Lipinski definition) is 3. The van der Waals surface area contributed by atoms with Crippen LogP contribution in [0, 0.1) is 0 Å². The van der Waals surface area contributed by atoms with Crippen LogP contribution in [-0.4, -0.2) is 41.6 Å². The molecule has 0 aromatic carbocycles. The van der Waals surface area contributed by atoms with Crippen LogP contribution < -0.4 is 11.1 Å². The lowest BCUT2D eigenvalue weighted by atomic mass is 10.0. The molecule has 0 fully saturated rings. The number of allylic oxidation sites excluding steroid dienone is 14. The van der Waals surface area contributed by atoms with Crippen molar-refractivity contribution in [1.82, 2.24) is 5.32 Å². The standard InChI is InChI=1S/C50H84N2O5/c1-3-5-7-9-11-13-14-15-16-17-18-19-20-21-22-23-24-25-26-27-29-34-38-44-49(54)57-46(40-35-31-28-12-10-8-6-4-2)41-36-32-30-33-37-43-48(53)52-47(50(55)56)42-39-45-51/h5,7,11,13,15-16,18-19,21-22,24-25,27,29,46-47H,3-4,6,8-10,12,14,17,20,23,26,28,30-45,51H2,1-2H3,(H,52,53)(H,55,56)/b7-5-,13-11-,16-15-,19-18-,22-21-,25-24-,29-27-. The summed E-state index contributed by atoms with van der Waals surface area (Å²) in [5.41, 5.74) is 5.48. The molecule has 0 heterocycles. The van der Waals surface area contributed by atoms with Gasteiger partial charge in [-0.1, -0.05) is 163 Å². The van der Waals surface area contributed by atoms with Gasteiger partial charge in [0.05, 0.1) is 0 Å². The van der Waals surface area contributed by atoms with E-state index in [0.717, 1.165) is 109 Å². The molecule has 1 amide bonds. The van der Waals surface area contributed by atoms with Crippen LogP contribution in [-0.2, 0) is 19.1 Å². The Morgan fingerprint density at radius 2 is 0.965 bits per heavy atom. The Morgan fingerprint density at radius 1 is 0.526 bits per heavy atom. The average Bonchev–Trinajstić information content (AvgIpc) is 3.20. The lowest BCUT2D eigenvalue weighted by molar-refractivity contribution is -0.150. The van der Waals surface area contributed by atoms with Crippen molar-refractivity contribution < 1.29 is 24.2 Å². The fourth-order valence-corrected chi connectivity index (χ4v) is 6.32. The molecule has 2 unspecified atom stereocenters. The van der Waals surface area contributed by atoms with Crippen LogP contribution in [0.5, 0.6) is 0 Å². The summed E-state index contributed by atoms with van der Waals surface area (Å²) in [6, 6.07) is -0.864. The molecule has 2 atom stereocenters. The van der Waals surface area contributed by atoms with Crippen LogP contribution in [0.25, 0.3) is 0 Å². The third-order valence-corrected chi connectivity index (χ3v) is 9.72. The highest BCUT2D eigenvalue weighted by molar-refractivity contribution is 5.83. The lowest BCUT2D eigenvalue weighted by Crippen LogP contribution is -2.40. The van der Waals surface area contributed by atoms with Crippen molar-refractivity contribution in [3.8, 4) is 0 Å². The zero-order valence-corrected chi connectivity index (χ0v) is 36.4. The number of esters is 1. The van der Waals surface area contributed by atoms with E-state index in [1.165, 1.54) is 44.9 Å². The van der Waals surface area contributed by atoms with Gasteiger partial charge in [-0.05, 0) is 109 Å². The highest BCUT2D eigenvalue weighted by atomic mass is 16.5. The molecular weight excluding hydrogens is 709 g/mol. The number of carbonyl (C=O) groups is 3. The van der Waals surface area contributed by atoms with Gasteiger partial charge in [-0.25, -0.2) is 4.79 Å². The van der Waals surface area contributed by atoms with E-state index < -0.39 is 12.0 Å².